The van der Waals surface area contributed by atoms with Crippen molar-refractivity contribution >= 4 is 5.78 Å². The highest BCUT2D eigenvalue weighted by molar-refractivity contribution is 5.94. The van der Waals surface area contributed by atoms with Crippen LogP contribution in [0, 0.1) is 0 Å². The largest absolute Gasteiger partial charge is 0.394 e. The van der Waals surface area contributed by atoms with Crippen LogP contribution >= 0.6 is 0 Å². The topological polar surface area (TPSA) is 29.1 Å². The summed E-state index contributed by atoms with van der Waals surface area (Å²) in [6, 6.07) is 0. The first-order chi connectivity index (χ1) is 4.76. The summed E-state index contributed by atoms with van der Waals surface area (Å²) in [6.07, 6.45) is 3.18. The molecule has 0 rings (SSSR count). The molecule has 0 atom stereocenters. The Labute approximate surface area is 62.3 Å². The van der Waals surface area contributed by atoms with Gasteiger partial charge >= 0.3 is 0 Å². The van der Waals surface area contributed by atoms with Crippen LogP contribution in [0.15, 0.2) is 11.8 Å². The van der Waals surface area contributed by atoms with Gasteiger partial charge in [-0.3, -0.25) is 4.79 Å². The lowest BCUT2D eigenvalue weighted by atomic mass is 10.1. The molecule has 2 nitrogen and oxygen atoms in total. The van der Waals surface area contributed by atoms with Crippen molar-refractivity contribution in [3.8, 4) is 0 Å². The van der Waals surface area contributed by atoms with Crippen molar-refractivity contribution in [3.63, 3.8) is 0 Å². The first-order valence-electron chi connectivity index (χ1n) is 3.65. The second-order valence-corrected chi connectivity index (χ2v) is 2.09. The SMILES string of the molecule is CCC(=O)/C(=C\NC)CC. The van der Waals surface area contributed by atoms with Gasteiger partial charge in [0.15, 0.2) is 5.78 Å². The molecule has 1 N–H and O–H groups in total. The minimum atomic E-state index is 0.233. The third-order valence-corrected chi connectivity index (χ3v) is 1.38. The number of ketones is 1. The molecule has 10 heavy (non-hydrogen) atoms. The van der Waals surface area contributed by atoms with Gasteiger partial charge < -0.3 is 5.32 Å². The summed E-state index contributed by atoms with van der Waals surface area (Å²) in [7, 11) is 1.80. The fraction of sp³-hybridized carbons (Fsp3) is 0.625. The Kier molecular flexibility index (Phi) is 4.63. The van der Waals surface area contributed by atoms with E-state index in [0.717, 1.165) is 12.0 Å². The third kappa shape index (κ3) is 2.67. The molecule has 0 bridgehead atoms. The van der Waals surface area contributed by atoms with Crippen LogP contribution in [0.4, 0.5) is 0 Å². The third-order valence-electron chi connectivity index (χ3n) is 1.38. The van der Waals surface area contributed by atoms with Crippen LogP contribution in [0.25, 0.3) is 0 Å². The molecular formula is C8H15NO. The Bertz CT molecular complexity index is 138. The molecule has 58 valence electrons. The van der Waals surface area contributed by atoms with Gasteiger partial charge in [0.05, 0.1) is 0 Å². The van der Waals surface area contributed by atoms with Gasteiger partial charge in [0.2, 0.25) is 0 Å². The molecule has 0 amide bonds. The van der Waals surface area contributed by atoms with Crippen LogP contribution in [0.1, 0.15) is 26.7 Å². The van der Waals surface area contributed by atoms with Crippen molar-refractivity contribution in [2.24, 2.45) is 0 Å². The Morgan fingerprint density at radius 3 is 2.30 bits per heavy atom. The maximum absolute atomic E-state index is 11.0. The lowest BCUT2D eigenvalue weighted by Gasteiger charge is -1.99. The van der Waals surface area contributed by atoms with E-state index in [4.69, 9.17) is 0 Å². The number of hydrogen-bond acceptors (Lipinski definition) is 2. The lowest BCUT2D eigenvalue weighted by molar-refractivity contribution is -0.115. The number of Topliss-reactive ketones (excluding diaryl/α,β-unsaturated/α-hetero) is 1. The summed E-state index contributed by atoms with van der Waals surface area (Å²) in [5.41, 5.74) is 0.880. The van der Waals surface area contributed by atoms with E-state index in [2.05, 4.69) is 5.32 Å². The van der Waals surface area contributed by atoms with E-state index in [1.807, 2.05) is 13.8 Å². The summed E-state index contributed by atoms with van der Waals surface area (Å²) in [5, 5.41) is 2.85. The van der Waals surface area contributed by atoms with Gasteiger partial charge in [-0.2, -0.15) is 0 Å². The zero-order valence-electron chi connectivity index (χ0n) is 6.90. The molecule has 0 aromatic carbocycles. The smallest absolute Gasteiger partial charge is 0.160 e. The van der Waals surface area contributed by atoms with E-state index >= 15 is 0 Å². The molecule has 0 spiro atoms. The van der Waals surface area contributed by atoms with Gasteiger partial charge in [0.25, 0.3) is 0 Å². The maximum Gasteiger partial charge on any atom is 0.160 e. The van der Waals surface area contributed by atoms with E-state index in [-0.39, 0.29) is 5.78 Å². The highest BCUT2D eigenvalue weighted by Gasteiger charge is 2.02. The Morgan fingerprint density at radius 1 is 1.40 bits per heavy atom. The fourth-order valence-corrected chi connectivity index (χ4v) is 0.781. The summed E-state index contributed by atoms with van der Waals surface area (Å²) >= 11 is 0. The van der Waals surface area contributed by atoms with Crippen LogP contribution in [0.5, 0.6) is 0 Å². The molecule has 0 radical (unpaired) electrons. The molecule has 0 unspecified atom stereocenters. The van der Waals surface area contributed by atoms with Crippen LogP contribution in [-0.2, 0) is 4.79 Å². The van der Waals surface area contributed by atoms with Crippen molar-refractivity contribution in [2.75, 3.05) is 7.05 Å². The van der Waals surface area contributed by atoms with Gasteiger partial charge in [-0.15, -0.1) is 0 Å². The van der Waals surface area contributed by atoms with Crippen LogP contribution in [-0.4, -0.2) is 12.8 Å². The second-order valence-electron chi connectivity index (χ2n) is 2.09. The first-order valence-corrected chi connectivity index (χ1v) is 3.65. The van der Waals surface area contributed by atoms with Gasteiger partial charge in [-0.25, -0.2) is 0 Å². The standard InChI is InChI=1S/C8H15NO/c1-4-7(6-9-3)8(10)5-2/h6,9H,4-5H2,1-3H3/b7-6-. The van der Waals surface area contributed by atoms with Crippen molar-refractivity contribution in [1.29, 1.82) is 0 Å². The van der Waals surface area contributed by atoms with Crippen LogP contribution in [0.2, 0.25) is 0 Å². The summed E-state index contributed by atoms with van der Waals surface area (Å²) in [6.45, 7) is 3.86. The average molecular weight is 141 g/mol. The predicted octanol–water partition coefficient (Wildman–Crippen LogP) is 1.48. The monoisotopic (exact) mass is 141 g/mol. The molecule has 0 aliphatic heterocycles. The number of carbonyl (C=O) groups is 1. The average Bonchev–Trinajstić information content (AvgIpc) is 1.99. The first kappa shape index (κ1) is 9.21. The van der Waals surface area contributed by atoms with E-state index in [1.54, 1.807) is 13.2 Å². The molecule has 0 aromatic rings. The highest BCUT2D eigenvalue weighted by atomic mass is 16.1. The maximum atomic E-state index is 11.0. The van der Waals surface area contributed by atoms with Crippen molar-refractivity contribution in [2.45, 2.75) is 26.7 Å². The Balaban J connectivity index is 4.06. The number of hydrogen-bond donors (Lipinski definition) is 1. The minimum absolute atomic E-state index is 0.233. The zero-order chi connectivity index (χ0) is 7.98. The Morgan fingerprint density at radius 2 is 2.00 bits per heavy atom. The van der Waals surface area contributed by atoms with Crippen molar-refractivity contribution in [1.82, 2.24) is 5.32 Å². The van der Waals surface area contributed by atoms with Crippen LogP contribution in [0.3, 0.4) is 0 Å². The van der Waals surface area contributed by atoms with Crippen molar-refractivity contribution in [3.05, 3.63) is 11.8 Å². The Hall–Kier alpha value is -0.790. The molecule has 2 heteroatoms. The van der Waals surface area contributed by atoms with Crippen LogP contribution < -0.4 is 5.32 Å². The number of rotatable bonds is 4. The van der Waals surface area contributed by atoms with E-state index in [9.17, 15) is 4.79 Å². The lowest BCUT2D eigenvalue weighted by Crippen LogP contribution is -2.04. The molecule has 0 heterocycles. The zero-order valence-corrected chi connectivity index (χ0v) is 6.90. The highest BCUT2D eigenvalue weighted by Crippen LogP contribution is 2.02. The number of allylic oxidation sites excluding steroid dienone is 1. The second kappa shape index (κ2) is 5.03. The molecule has 0 aliphatic carbocycles. The molecule has 0 saturated carbocycles. The van der Waals surface area contributed by atoms with E-state index in [0.29, 0.717) is 6.42 Å². The molecule has 0 saturated heterocycles. The van der Waals surface area contributed by atoms with Gasteiger partial charge in [-0.05, 0) is 6.42 Å². The summed E-state index contributed by atoms with van der Waals surface area (Å²) < 4.78 is 0. The quantitative estimate of drug-likeness (QED) is 0.601. The molecule has 0 fully saturated rings. The molecule has 0 aliphatic rings. The van der Waals surface area contributed by atoms with Crippen molar-refractivity contribution < 1.29 is 4.79 Å². The van der Waals surface area contributed by atoms with E-state index in [1.165, 1.54) is 0 Å². The minimum Gasteiger partial charge on any atom is -0.394 e. The van der Waals surface area contributed by atoms with E-state index < -0.39 is 0 Å². The fourth-order valence-electron chi connectivity index (χ4n) is 0.781. The van der Waals surface area contributed by atoms with Gasteiger partial charge in [0.1, 0.15) is 0 Å². The summed E-state index contributed by atoms with van der Waals surface area (Å²) in [5.74, 6) is 0.233. The summed E-state index contributed by atoms with van der Waals surface area (Å²) in [4.78, 5) is 11.0. The molecule has 0 aromatic heterocycles. The van der Waals surface area contributed by atoms with Gasteiger partial charge in [0, 0.05) is 25.2 Å². The number of carbonyl (C=O) groups excluding carboxylic acids is 1. The normalized spacial score (nSPS) is 11.3. The molecular weight excluding hydrogens is 126 g/mol. The van der Waals surface area contributed by atoms with Gasteiger partial charge in [-0.1, -0.05) is 13.8 Å². The predicted molar refractivity (Wildman–Crippen MR) is 42.7 cm³/mol. The number of nitrogens with one attached hydrogen (secondary N) is 1.